The van der Waals surface area contributed by atoms with Crippen molar-refractivity contribution < 1.29 is 0 Å². The molecule has 3 rings (SSSR count). The molecule has 4 heteroatoms. The molecule has 0 saturated carbocycles. The van der Waals surface area contributed by atoms with Crippen molar-refractivity contribution >= 4 is 11.3 Å². The van der Waals surface area contributed by atoms with Crippen LogP contribution in [-0.4, -0.2) is 16.5 Å². The van der Waals surface area contributed by atoms with Crippen molar-refractivity contribution in [2.45, 2.75) is 38.6 Å². The van der Waals surface area contributed by atoms with Gasteiger partial charge in [-0.3, -0.25) is 0 Å². The van der Waals surface area contributed by atoms with Crippen LogP contribution >= 0.6 is 11.3 Å². The van der Waals surface area contributed by atoms with E-state index in [-0.39, 0.29) is 0 Å². The predicted octanol–water partition coefficient (Wildman–Crippen LogP) is 3.58. The van der Waals surface area contributed by atoms with Crippen molar-refractivity contribution in [1.82, 2.24) is 15.3 Å². The quantitative estimate of drug-likeness (QED) is 0.925. The molecular weight excluding hydrogens is 254 g/mol. The van der Waals surface area contributed by atoms with Gasteiger partial charge in [-0.1, -0.05) is 13.0 Å². The van der Waals surface area contributed by atoms with Gasteiger partial charge in [-0.15, -0.1) is 11.3 Å². The van der Waals surface area contributed by atoms with Crippen LogP contribution in [0.5, 0.6) is 0 Å². The monoisotopic (exact) mass is 273 g/mol. The summed E-state index contributed by atoms with van der Waals surface area (Å²) in [5.41, 5.74) is 2.54. The molecule has 1 aliphatic carbocycles. The largest absolute Gasteiger partial charge is 0.310 e. The third-order valence-electron chi connectivity index (χ3n) is 3.56. The van der Waals surface area contributed by atoms with Crippen LogP contribution in [0, 0.1) is 0 Å². The molecule has 0 aromatic carbocycles. The first-order valence-electron chi connectivity index (χ1n) is 7.01. The molecule has 2 heterocycles. The number of hydrogen-bond acceptors (Lipinski definition) is 4. The highest BCUT2D eigenvalue weighted by Gasteiger charge is 2.21. The Hall–Kier alpha value is -1.26. The van der Waals surface area contributed by atoms with Gasteiger partial charge in [-0.25, -0.2) is 9.97 Å². The van der Waals surface area contributed by atoms with Gasteiger partial charge in [0.1, 0.15) is 0 Å². The minimum atomic E-state index is 0.445. The molecule has 1 unspecified atom stereocenters. The molecule has 2 aromatic rings. The van der Waals surface area contributed by atoms with Crippen LogP contribution in [0.25, 0.3) is 10.7 Å². The summed E-state index contributed by atoms with van der Waals surface area (Å²) in [6.45, 7) is 3.27. The number of aryl methyl sites for hydroxylation is 1. The van der Waals surface area contributed by atoms with Gasteiger partial charge in [0.25, 0.3) is 0 Å². The molecule has 3 nitrogen and oxygen atoms in total. The van der Waals surface area contributed by atoms with E-state index in [0.717, 1.165) is 23.7 Å². The van der Waals surface area contributed by atoms with Crippen LogP contribution in [0.4, 0.5) is 0 Å². The molecule has 1 aliphatic rings. The van der Waals surface area contributed by atoms with Crippen molar-refractivity contribution in [3.05, 3.63) is 35.0 Å². The van der Waals surface area contributed by atoms with Gasteiger partial charge >= 0.3 is 0 Å². The number of nitrogens with one attached hydrogen (secondary N) is 1. The molecule has 0 aliphatic heterocycles. The average molecular weight is 273 g/mol. The predicted molar refractivity (Wildman–Crippen MR) is 79.3 cm³/mol. The van der Waals surface area contributed by atoms with Crippen LogP contribution < -0.4 is 5.32 Å². The van der Waals surface area contributed by atoms with Gasteiger partial charge in [0, 0.05) is 23.5 Å². The maximum absolute atomic E-state index is 4.77. The molecule has 2 aromatic heterocycles. The first-order valence-corrected chi connectivity index (χ1v) is 7.89. The van der Waals surface area contributed by atoms with Crippen molar-refractivity contribution in [2.75, 3.05) is 6.54 Å². The van der Waals surface area contributed by atoms with Crippen molar-refractivity contribution in [1.29, 1.82) is 0 Å². The highest BCUT2D eigenvalue weighted by Crippen LogP contribution is 2.30. The van der Waals surface area contributed by atoms with Gasteiger partial charge in [0.2, 0.25) is 0 Å². The van der Waals surface area contributed by atoms with Crippen molar-refractivity contribution in [2.24, 2.45) is 0 Å². The highest BCUT2D eigenvalue weighted by atomic mass is 32.1. The number of fused-ring (bicyclic) bond motifs is 1. The Balaban J connectivity index is 1.88. The van der Waals surface area contributed by atoms with E-state index in [4.69, 9.17) is 4.98 Å². The maximum atomic E-state index is 4.77. The fraction of sp³-hybridized carbons (Fsp3) is 0.467. The summed E-state index contributed by atoms with van der Waals surface area (Å²) in [5, 5.41) is 5.68. The second kappa shape index (κ2) is 5.80. The Morgan fingerprint density at radius 1 is 1.47 bits per heavy atom. The summed E-state index contributed by atoms with van der Waals surface area (Å²) >= 11 is 1.70. The van der Waals surface area contributed by atoms with E-state index in [0.29, 0.717) is 6.04 Å². The summed E-state index contributed by atoms with van der Waals surface area (Å²) in [6, 6.07) is 4.58. The summed E-state index contributed by atoms with van der Waals surface area (Å²) < 4.78 is 0. The summed E-state index contributed by atoms with van der Waals surface area (Å²) in [7, 11) is 0. The third-order valence-corrected chi connectivity index (χ3v) is 4.43. The van der Waals surface area contributed by atoms with Gasteiger partial charge in [0.05, 0.1) is 4.88 Å². The second-order valence-corrected chi connectivity index (χ2v) is 5.92. The number of hydrogen-bond donors (Lipinski definition) is 1. The summed E-state index contributed by atoms with van der Waals surface area (Å²) in [4.78, 5) is 10.5. The number of thiophene rings is 1. The van der Waals surface area contributed by atoms with Crippen LogP contribution in [0.1, 0.15) is 43.5 Å². The summed E-state index contributed by atoms with van der Waals surface area (Å²) in [6.07, 6.45) is 6.70. The average Bonchev–Trinajstić information content (AvgIpc) is 2.98. The van der Waals surface area contributed by atoms with Gasteiger partial charge in [0.15, 0.2) is 5.82 Å². The molecule has 0 fully saturated rings. The van der Waals surface area contributed by atoms with Crippen molar-refractivity contribution in [3.63, 3.8) is 0 Å². The topological polar surface area (TPSA) is 37.8 Å². The fourth-order valence-corrected chi connectivity index (χ4v) is 3.27. The van der Waals surface area contributed by atoms with Gasteiger partial charge < -0.3 is 5.32 Å². The van der Waals surface area contributed by atoms with Crippen LogP contribution in [0.15, 0.2) is 23.7 Å². The molecule has 1 atom stereocenters. The zero-order valence-electron chi connectivity index (χ0n) is 11.2. The number of rotatable bonds is 4. The maximum Gasteiger partial charge on any atom is 0.169 e. The standard InChI is InChI=1S/C15H19N3S/c1-2-8-16-12-5-3-6-13-11(12)10-17-15(18-13)14-7-4-9-19-14/h4,7,9-10,12,16H,2-3,5-6,8H2,1H3. The smallest absolute Gasteiger partial charge is 0.169 e. The van der Waals surface area contributed by atoms with Gasteiger partial charge in [-0.2, -0.15) is 0 Å². The molecule has 100 valence electrons. The van der Waals surface area contributed by atoms with E-state index < -0.39 is 0 Å². The van der Waals surface area contributed by atoms with Crippen LogP contribution in [0.3, 0.4) is 0 Å². The molecule has 0 saturated heterocycles. The minimum absolute atomic E-state index is 0.445. The lowest BCUT2D eigenvalue weighted by Gasteiger charge is -2.25. The Labute approximate surface area is 118 Å². The first kappa shape index (κ1) is 12.8. The van der Waals surface area contributed by atoms with E-state index in [1.54, 1.807) is 11.3 Å². The van der Waals surface area contributed by atoms with Crippen LogP contribution in [0.2, 0.25) is 0 Å². The lowest BCUT2D eigenvalue weighted by Crippen LogP contribution is -2.26. The molecule has 0 amide bonds. The molecule has 1 N–H and O–H groups in total. The van der Waals surface area contributed by atoms with Crippen molar-refractivity contribution in [3.8, 4) is 10.7 Å². The Morgan fingerprint density at radius 3 is 3.21 bits per heavy atom. The van der Waals surface area contributed by atoms with E-state index in [1.807, 2.05) is 6.20 Å². The Bertz CT molecular complexity index is 536. The summed E-state index contributed by atoms with van der Waals surface area (Å²) in [5.74, 6) is 0.880. The Morgan fingerprint density at radius 2 is 2.42 bits per heavy atom. The van der Waals surface area contributed by atoms with Crippen LogP contribution in [-0.2, 0) is 6.42 Å². The second-order valence-electron chi connectivity index (χ2n) is 4.97. The van der Waals surface area contributed by atoms with Gasteiger partial charge in [-0.05, 0) is 43.7 Å². The molecule has 19 heavy (non-hydrogen) atoms. The van der Waals surface area contributed by atoms with E-state index in [1.165, 1.54) is 30.5 Å². The van der Waals surface area contributed by atoms with E-state index >= 15 is 0 Å². The fourth-order valence-electron chi connectivity index (χ4n) is 2.60. The molecule has 0 radical (unpaired) electrons. The third kappa shape index (κ3) is 2.69. The van der Waals surface area contributed by atoms with E-state index in [2.05, 4.69) is 34.7 Å². The molecular formula is C15H19N3S. The highest BCUT2D eigenvalue weighted by molar-refractivity contribution is 7.13. The molecule has 0 bridgehead atoms. The zero-order valence-corrected chi connectivity index (χ0v) is 12.0. The Kier molecular flexibility index (Phi) is 3.89. The number of nitrogens with zero attached hydrogens (tertiary/aromatic N) is 2. The normalized spacial score (nSPS) is 18.3. The first-order chi connectivity index (χ1) is 9.38. The lowest BCUT2D eigenvalue weighted by molar-refractivity contribution is 0.454. The minimum Gasteiger partial charge on any atom is -0.310 e. The van der Waals surface area contributed by atoms with E-state index in [9.17, 15) is 0 Å². The lowest BCUT2D eigenvalue weighted by atomic mass is 9.92. The number of aromatic nitrogens is 2. The SMILES string of the molecule is CCCNC1CCCc2nc(-c3cccs3)ncc21. The molecule has 0 spiro atoms. The zero-order chi connectivity index (χ0) is 13.1.